The fraction of sp³-hybridized carbons (Fsp3) is 0.615. The second-order valence-electron chi connectivity index (χ2n) is 5.48. The summed E-state index contributed by atoms with van der Waals surface area (Å²) in [5, 5.41) is 0. The Bertz CT molecular complexity index is 460. The lowest BCUT2D eigenvalue weighted by Crippen LogP contribution is -2.48. The van der Waals surface area contributed by atoms with Crippen molar-refractivity contribution < 1.29 is 13.2 Å². The maximum absolute atomic E-state index is 12.7. The number of piperidine rings is 1. The van der Waals surface area contributed by atoms with Gasteiger partial charge in [-0.2, -0.15) is 13.2 Å². The summed E-state index contributed by atoms with van der Waals surface area (Å²) >= 11 is 0. The van der Waals surface area contributed by atoms with Crippen molar-refractivity contribution >= 4 is 5.69 Å². The number of alkyl halides is 3. The van der Waals surface area contributed by atoms with E-state index in [1.165, 1.54) is 6.20 Å². The summed E-state index contributed by atoms with van der Waals surface area (Å²) < 4.78 is 38.0. The zero-order valence-electron chi connectivity index (χ0n) is 10.4. The standard InChI is InChI=1S/C13H16F3N3/c14-13(15,16)11-5-10(3-4-18-11)19-6-8-1-2-9(7-19)12(8)17/h3-5,8-9,12H,1-2,6-7,17H2/t8-,9+,12-. The second kappa shape index (κ2) is 4.37. The molecule has 19 heavy (non-hydrogen) atoms. The summed E-state index contributed by atoms with van der Waals surface area (Å²) in [6.45, 7) is 1.50. The Labute approximate surface area is 109 Å². The minimum Gasteiger partial charge on any atom is -0.371 e. The molecule has 0 spiro atoms. The molecule has 1 aromatic rings. The Balaban J connectivity index is 1.84. The van der Waals surface area contributed by atoms with Crippen LogP contribution in [0.3, 0.4) is 0 Å². The molecule has 1 saturated carbocycles. The minimum absolute atomic E-state index is 0.208. The van der Waals surface area contributed by atoms with Crippen molar-refractivity contribution in [3.63, 3.8) is 0 Å². The van der Waals surface area contributed by atoms with Gasteiger partial charge in [-0.3, -0.25) is 4.98 Å². The highest BCUT2D eigenvalue weighted by Crippen LogP contribution is 2.38. The molecule has 0 amide bonds. The van der Waals surface area contributed by atoms with E-state index in [2.05, 4.69) is 4.98 Å². The Hall–Kier alpha value is -1.30. The van der Waals surface area contributed by atoms with E-state index >= 15 is 0 Å². The molecule has 104 valence electrons. The molecule has 0 unspecified atom stereocenters. The van der Waals surface area contributed by atoms with Crippen LogP contribution in [0.25, 0.3) is 0 Å². The van der Waals surface area contributed by atoms with Gasteiger partial charge in [0, 0.05) is 31.0 Å². The van der Waals surface area contributed by atoms with E-state index in [1.54, 1.807) is 6.07 Å². The normalized spacial score (nSPS) is 30.7. The SMILES string of the molecule is N[C@@H]1[C@@H]2CC[C@H]1CN(c1ccnc(C(F)(F)F)c1)C2. The number of pyridine rings is 1. The van der Waals surface area contributed by atoms with Gasteiger partial charge in [-0.15, -0.1) is 0 Å². The Morgan fingerprint density at radius 1 is 1.21 bits per heavy atom. The largest absolute Gasteiger partial charge is 0.433 e. The van der Waals surface area contributed by atoms with Crippen molar-refractivity contribution in [2.24, 2.45) is 17.6 Å². The molecule has 1 aliphatic heterocycles. The molecule has 1 aromatic heterocycles. The number of halogens is 3. The van der Waals surface area contributed by atoms with E-state index in [0.717, 1.165) is 32.0 Å². The zero-order valence-corrected chi connectivity index (χ0v) is 10.4. The van der Waals surface area contributed by atoms with Crippen LogP contribution in [0.1, 0.15) is 18.5 Å². The molecular weight excluding hydrogens is 255 g/mol. The molecule has 6 heteroatoms. The van der Waals surface area contributed by atoms with Gasteiger partial charge in [0.2, 0.25) is 0 Å². The van der Waals surface area contributed by atoms with Gasteiger partial charge >= 0.3 is 6.18 Å². The topological polar surface area (TPSA) is 42.1 Å². The van der Waals surface area contributed by atoms with Gasteiger partial charge in [0.25, 0.3) is 0 Å². The number of nitrogens with zero attached hydrogens (tertiary/aromatic N) is 2. The lowest BCUT2D eigenvalue weighted by molar-refractivity contribution is -0.141. The molecule has 3 atom stereocenters. The highest BCUT2D eigenvalue weighted by molar-refractivity contribution is 5.48. The van der Waals surface area contributed by atoms with Crippen LogP contribution in [0.5, 0.6) is 0 Å². The number of rotatable bonds is 1. The number of nitrogens with two attached hydrogens (primary N) is 1. The quantitative estimate of drug-likeness (QED) is 0.852. The van der Waals surface area contributed by atoms with Crippen molar-refractivity contribution in [2.75, 3.05) is 18.0 Å². The Morgan fingerprint density at radius 2 is 1.84 bits per heavy atom. The average Bonchev–Trinajstić information content (AvgIpc) is 2.61. The van der Waals surface area contributed by atoms with Gasteiger partial charge in [-0.05, 0) is 36.8 Å². The van der Waals surface area contributed by atoms with Gasteiger partial charge in [0.15, 0.2) is 0 Å². The summed E-state index contributed by atoms with van der Waals surface area (Å²) in [5.41, 5.74) is 5.88. The fourth-order valence-electron chi connectivity index (χ4n) is 3.25. The summed E-state index contributed by atoms with van der Waals surface area (Å²) in [6, 6.07) is 2.99. The molecule has 3 rings (SSSR count). The smallest absolute Gasteiger partial charge is 0.371 e. The third-order valence-electron chi connectivity index (χ3n) is 4.31. The van der Waals surface area contributed by atoms with Crippen LogP contribution in [-0.2, 0) is 6.18 Å². The Kier molecular flexibility index (Phi) is 2.92. The van der Waals surface area contributed by atoms with Crippen LogP contribution in [-0.4, -0.2) is 24.1 Å². The molecule has 2 fully saturated rings. The lowest BCUT2D eigenvalue weighted by atomic mass is 9.93. The van der Waals surface area contributed by atoms with Gasteiger partial charge < -0.3 is 10.6 Å². The summed E-state index contributed by atoms with van der Waals surface area (Å²) in [7, 11) is 0. The van der Waals surface area contributed by atoms with E-state index in [9.17, 15) is 13.2 Å². The minimum atomic E-state index is -4.39. The third-order valence-corrected chi connectivity index (χ3v) is 4.31. The number of aromatic nitrogens is 1. The van der Waals surface area contributed by atoms with Gasteiger partial charge in [-0.25, -0.2) is 0 Å². The highest BCUT2D eigenvalue weighted by atomic mass is 19.4. The molecule has 1 saturated heterocycles. The van der Waals surface area contributed by atoms with Gasteiger partial charge in [0.05, 0.1) is 0 Å². The molecular formula is C13H16F3N3. The van der Waals surface area contributed by atoms with Crippen molar-refractivity contribution in [2.45, 2.75) is 25.1 Å². The lowest BCUT2D eigenvalue weighted by Gasteiger charge is -2.37. The second-order valence-corrected chi connectivity index (χ2v) is 5.48. The van der Waals surface area contributed by atoms with Crippen LogP contribution in [0.4, 0.5) is 18.9 Å². The number of hydrogen-bond acceptors (Lipinski definition) is 3. The third kappa shape index (κ3) is 2.29. The van der Waals surface area contributed by atoms with E-state index in [1.807, 2.05) is 4.90 Å². The fourth-order valence-corrected chi connectivity index (χ4v) is 3.25. The molecule has 2 heterocycles. The maximum Gasteiger partial charge on any atom is 0.433 e. The summed E-state index contributed by atoms with van der Waals surface area (Å²) in [6.07, 6.45) is -0.991. The average molecular weight is 271 g/mol. The Morgan fingerprint density at radius 3 is 2.42 bits per heavy atom. The van der Waals surface area contributed by atoms with Gasteiger partial charge in [-0.1, -0.05) is 0 Å². The molecule has 0 radical (unpaired) electrons. The van der Waals surface area contributed by atoms with Crippen LogP contribution < -0.4 is 10.6 Å². The van der Waals surface area contributed by atoms with Crippen molar-refractivity contribution in [3.8, 4) is 0 Å². The van der Waals surface area contributed by atoms with Crippen LogP contribution in [0.2, 0.25) is 0 Å². The van der Waals surface area contributed by atoms with E-state index in [0.29, 0.717) is 17.5 Å². The molecule has 1 aliphatic carbocycles. The van der Waals surface area contributed by atoms with Gasteiger partial charge in [0.1, 0.15) is 5.69 Å². The van der Waals surface area contributed by atoms with Crippen LogP contribution >= 0.6 is 0 Å². The van der Waals surface area contributed by atoms with E-state index < -0.39 is 11.9 Å². The predicted octanol–water partition coefficient (Wildman–Crippen LogP) is 2.27. The first kappa shape index (κ1) is 12.7. The summed E-state index contributed by atoms with van der Waals surface area (Å²) in [4.78, 5) is 5.41. The molecule has 2 N–H and O–H groups in total. The number of fused-ring (bicyclic) bond motifs is 2. The summed E-state index contributed by atoms with van der Waals surface area (Å²) in [5.74, 6) is 0.808. The molecule has 2 aliphatic rings. The molecule has 2 bridgehead atoms. The van der Waals surface area contributed by atoms with E-state index in [4.69, 9.17) is 5.73 Å². The van der Waals surface area contributed by atoms with Crippen molar-refractivity contribution in [1.29, 1.82) is 0 Å². The van der Waals surface area contributed by atoms with Crippen LogP contribution in [0.15, 0.2) is 18.3 Å². The molecule has 3 nitrogen and oxygen atoms in total. The molecule has 0 aromatic carbocycles. The predicted molar refractivity (Wildman–Crippen MR) is 65.6 cm³/mol. The first-order valence-electron chi connectivity index (χ1n) is 6.49. The number of anilines is 1. The maximum atomic E-state index is 12.7. The van der Waals surface area contributed by atoms with Crippen molar-refractivity contribution in [3.05, 3.63) is 24.0 Å². The number of hydrogen-bond donors (Lipinski definition) is 1. The van der Waals surface area contributed by atoms with E-state index in [-0.39, 0.29) is 6.04 Å². The first-order chi connectivity index (χ1) is 8.95. The zero-order chi connectivity index (χ0) is 13.6. The van der Waals surface area contributed by atoms with Crippen LogP contribution in [0, 0.1) is 11.8 Å². The monoisotopic (exact) mass is 271 g/mol. The first-order valence-corrected chi connectivity index (χ1v) is 6.49. The van der Waals surface area contributed by atoms with Crippen molar-refractivity contribution in [1.82, 2.24) is 4.98 Å². The highest BCUT2D eigenvalue weighted by Gasteiger charge is 2.40.